The van der Waals surface area contributed by atoms with Crippen LogP contribution in [0.5, 0.6) is 0 Å². The molecule has 2 saturated carbocycles. The van der Waals surface area contributed by atoms with Gasteiger partial charge in [-0.25, -0.2) is 0 Å². The molecule has 21 heavy (non-hydrogen) atoms. The fourth-order valence-electron chi connectivity index (χ4n) is 2.80. The van der Waals surface area contributed by atoms with Gasteiger partial charge < -0.3 is 14.2 Å². The average molecular weight is 290 g/mol. The maximum atomic E-state index is 12.8. The molecule has 1 heterocycles. The predicted octanol–water partition coefficient (Wildman–Crippen LogP) is 2.38. The molecule has 0 atom stereocenters. The van der Waals surface area contributed by atoms with Crippen molar-refractivity contribution in [3.63, 3.8) is 0 Å². The molecule has 0 bridgehead atoms. The highest BCUT2D eigenvalue weighted by molar-refractivity contribution is 5.95. The summed E-state index contributed by atoms with van der Waals surface area (Å²) >= 11 is 0. The van der Waals surface area contributed by atoms with Crippen molar-refractivity contribution in [2.75, 3.05) is 13.2 Å². The van der Waals surface area contributed by atoms with Crippen LogP contribution in [0, 0.1) is 0 Å². The van der Waals surface area contributed by atoms with Crippen LogP contribution in [0.2, 0.25) is 0 Å². The maximum absolute atomic E-state index is 12.8. The summed E-state index contributed by atoms with van der Waals surface area (Å²) in [4.78, 5) is 26.2. The Hall–Kier alpha value is -1.78. The Morgan fingerprint density at radius 3 is 2.67 bits per heavy atom. The number of carbonyl (C=O) groups excluding carboxylic acids is 2. The first-order valence-electron chi connectivity index (χ1n) is 7.84. The third kappa shape index (κ3) is 2.96. The standard InChI is InChI=1S/C16H22N2O3/c1-2-21-15(19)11-18(13-8-9-13)16(20)14-7-4-10-17(14)12-5-3-6-12/h4,7,10,12-13H,2-3,5-6,8-9,11H2,1H3. The lowest BCUT2D eigenvalue weighted by molar-refractivity contribution is -0.144. The normalized spacial score (nSPS) is 18.1. The van der Waals surface area contributed by atoms with Crippen molar-refractivity contribution >= 4 is 11.9 Å². The Morgan fingerprint density at radius 1 is 1.33 bits per heavy atom. The van der Waals surface area contributed by atoms with Crippen LogP contribution in [-0.4, -0.2) is 40.5 Å². The number of aromatic nitrogens is 1. The molecule has 2 aliphatic rings. The van der Waals surface area contributed by atoms with Crippen molar-refractivity contribution in [1.29, 1.82) is 0 Å². The van der Waals surface area contributed by atoms with Crippen LogP contribution >= 0.6 is 0 Å². The quantitative estimate of drug-likeness (QED) is 0.756. The predicted molar refractivity (Wildman–Crippen MR) is 78.0 cm³/mol. The van der Waals surface area contributed by atoms with Gasteiger partial charge in [-0.05, 0) is 51.2 Å². The second-order valence-corrected chi connectivity index (χ2v) is 5.85. The molecule has 5 heteroatoms. The van der Waals surface area contributed by atoms with E-state index in [1.54, 1.807) is 11.8 Å². The van der Waals surface area contributed by atoms with E-state index in [9.17, 15) is 9.59 Å². The number of esters is 1. The molecule has 2 fully saturated rings. The molecular formula is C16H22N2O3. The van der Waals surface area contributed by atoms with E-state index in [0.29, 0.717) is 18.3 Å². The highest BCUT2D eigenvalue weighted by Gasteiger charge is 2.36. The number of carbonyl (C=O) groups is 2. The minimum absolute atomic E-state index is 0.0394. The fraction of sp³-hybridized carbons (Fsp3) is 0.625. The summed E-state index contributed by atoms with van der Waals surface area (Å²) in [7, 11) is 0. The summed E-state index contributed by atoms with van der Waals surface area (Å²) in [5, 5.41) is 0. The minimum Gasteiger partial charge on any atom is -0.465 e. The van der Waals surface area contributed by atoms with Crippen LogP contribution in [0.4, 0.5) is 0 Å². The van der Waals surface area contributed by atoms with E-state index in [0.717, 1.165) is 25.7 Å². The maximum Gasteiger partial charge on any atom is 0.325 e. The van der Waals surface area contributed by atoms with E-state index in [-0.39, 0.29) is 24.5 Å². The smallest absolute Gasteiger partial charge is 0.325 e. The Labute approximate surface area is 124 Å². The molecule has 0 unspecified atom stereocenters. The lowest BCUT2D eigenvalue weighted by Crippen LogP contribution is -2.39. The van der Waals surface area contributed by atoms with E-state index in [1.165, 1.54) is 6.42 Å². The highest BCUT2D eigenvalue weighted by atomic mass is 16.5. The van der Waals surface area contributed by atoms with Gasteiger partial charge >= 0.3 is 5.97 Å². The molecular weight excluding hydrogens is 268 g/mol. The number of ether oxygens (including phenoxy) is 1. The molecule has 1 aromatic heterocycles. The number of hydrogen-bond acceptors (Lipinski definition) is 3. The van der Waals surface area contributed by atoms with Crippen molar-refractivity contribution in [3.05, 3.63) is 24.0 Å². The Balaban J connectivity index is 1.74. The first kappa shape index (κ1) is 14.2. The summed E-state index contributed by atoms with van der Waals surface area (Å²) in [6, 6.07) is 4.43. The molecule has 0 aliphatic heterocycles. The number of hydrogen-bond donors (Lipinski definition) is 0. The van der Waals surface area contributed by atoms with Crippen LogP contribution in [0.3, 0.4) is 0 Å². The Morgan fingerprint density at radius 2 is 2.10 bits per heavy atom. The van der Waals surface area contributed by atoms with Crippen molar-refractivity contribution in [3.8, 4) is 0 Å². The van der Waals surface area contributed by atoms with Crippen LogP contribution < -0.4 is 0 Å². The zero-order valence-electron chi connectivity index (χ0n) is 12.5. The van der Waals surface area contributed by atoms with E-state index in [1.807, 2.05) is 18.3 Å². The van der Waals surface area contributed by atoms with Crippen molar-refractivity contribution in [1.82, 2.24) is 9.47 Å². The Kier molecular flexibility index (Phi) is 3.99. The topological polar surface area (TPSA) is 51.5 Å². The molecule has 0 radical (unpaired) electrons. The van der Waals surface area contributed by atoms with E-state index >= 15 is 0 Å². The van der Waals surface area contributed by atoms with Crippen LogP contribution in [0.1, 0.15) is 55.6 Å². The number of nitrogens with zero attached hydrogens (tertiary/aromatic N) is 2. The molecule has 0 saturated heterocycles. The summed E-state index contributed by atoms with van der Waals surface area (Å²) in [5.41, 5.74) is 0.705. The molecule has 1 amide bonds. The molecule has 5 nitrogen and oxygen atoms in total. The first-order valence-corrected chi connectivity index (χ1v) is 7.84. The third-order valence-electron chi connectivity index (χ3n) is 4.32. The van der Waals surface area contributed by atoms with E-state index < -0.39 is 0 Å². The van der Waals surface area contributed by atoms with Crippen LogP contribution in [0.25, 0.3) is 0 Å². The first-order chi connectivity index (χ1) is 10.2. The summed E-state index contributed by atoms with van der Waals surface area (Å²) in [6.07, 6.45) is 7.44. The van der Waals surface area contributed by atoms with Gasteiger partial charge in [0.05, 0.1) is 6.61 Å². The summed E-state index contributed by atoms with van der Waals surface area (Å²) in [6.45, 7) is 2.19. The lowest BCUT2D eigenvalue weighted by Gasteiger charge is -2.30. The second kappa shape index (κ2) is 5.92. The van der Waals surface area contributed by atoms with Crippen LogP contribution in [0.15, 0.2) is 18.3 Å². The van der Waals surface area contributed by atoms with Gasteiger partial charge in [-0.3, -0.25) is 9.59 Å². The van der Waals surface area contributed by atoms with Gasteiger partial charge in [0.15, 0.2) is 0 Å². The van der Waals surface area contributed by atoms with Gasteiger partial charge in [0, 0.05) is 18.3 Å². The zero-order chi connectivity index (χ0) is 14.8. The Bertz CT molecular complexity index is 529. The monoisotopic (exact) mass is 290 g/mol. The lowest BCUT2D eigenvalue weighted by atomic mass is 9.93. The van der Waals surface area contributed by atoms with Crippen molar-refractivity contribution in [2.45, 2.75) is 51.1 Å². The summed E-state index contributed by atoms with van der Waals surface area (Å²) < 4.78 is 7.06. The van der Waals surface area contributed by atoms with Gasteiger partial charge in [-0.15, -0.1) is 0 Å². The van der Waals surface area contributed by atoms with Gasteiger partial charge in [-0.2, -0.15) is 0 Å². The molecule has 0 N–H and O–H groups in total. The van der Waals surface area contributed by atoms with Crippen molar-refractivity contribution in [2.24, 2.45) is 0 Å². The number of amides is 1. The molecule has 0 aromatic carbocycles. The minimum atomic E-state index is -0.320. The van der Waals surface area contributed by atoms with Gasteiger partial charge in [-0.1, -0.05) is 0 Å². The zero-order valence-corrected chi connectivity index (χ0v) is 12.5. The van der Waals surface area contributed by atoms with E-state index in [4.69, 9.17) is 4.74 Å². The molecule has 0 spiro atoms. The SMILES string of the molecule is CCOC(=O)CN(C(=O)c1cccn1C1CCC1)C1CC1. The van der Waals surface area contributed by atoms with Crippen LogP contribution in [-0.2, 0) is 9.53 Å². The molecule has 114 valence electrons. The third-order valence-corrected chi connectivity index (χ3v) is 4.32. The fourth-order valence-corrected chi connectivity index (χ4v) is 2.80. The van der Waals surface area contributed by atoms with E-state index in [2.05, 4.69) is 4.57 Å². The summed E-state index contributed by atoms with van der Waals surface area (Å²) in [5.74, 6) is -0.359. The molecule has 2 aliphatic carbocycles. The molecule has 3 rings (SSSR count). The van der Waals surface area contributed by atoms with Gasteiger partial charge in [0.1, 0.15) is 12.2 Å². The largest absolute Gasteiger partial charge is 0.465 e. The average Bonchev–Trinajstić information content (AvgIpc) is 3.13. The number of rotatable bonds is 6. The van der Waals surface area contributed by atoms with Crippen molar-refractivity contribution < 1.29 is 14.3 Å². The second-order valence-electron chi connectivity index (χ2n) is 5.85. The highest BCUT2D eigenvalue weighted by Crippen LogP contribution is 2.34. The van der Waals surface area contributed by atoms with Gasteiger partial charge in [0.2, 0.25) is 0 Å². The molecule has 1 aromatic rings. The van der Waals surface area contributed by atoms with Gasteiger partial charge in [0.25, 0.3) is 5.91 Å².